The molecular formula is C18H15N3O4S. The van der Waals surface area contributed by atoms with Crippen molar-refractivity contribution in [1.82, 2.24) is 4.98 Å². The first kappa shape index (κ1) is 16.3. The van der Waals surface area contributed by atoms with Crippen molar-refractivity contribution in [3.05, 3.63) is 54.7 Å². The average molecular weight is 369 g/mol. The highest BCUT2D eigenvalue weighted by atomic mass is 32.2. The van der Waals surface area contributed by atoms with Crippen molar-refractivity contribution in [3.63, 3.8) is 0 Å². The standard InChI is InChI=1S/C18H15N3O4S/c1-25-18-13(7-4-10-19-18)20-16(22)11-21-14-8-2-5-12-6-3-9-15(17(12)14)26(21,23)24/h2-10H,11H2,1H3,(H,20,22). The van der Waals surface area contributed by atoms with Crippen LogP contribution >= 0.6 is 0 Å². The number of ether oxygens (including phenoxy) is 1. The van der Waals surface area contributed by atoms with Crippen LogP contribution in [0.15, 0.2) is 59.6 Å². The lowest BCUT2D eigenvalue weighted by molar-refractivity contribution is -0.114. The summed E-state index contributed by atoms with van der Waals surface area (Å²) < 4.78 is 32.0. The van der Waals surface area contributed by atoms with Gasteiger partial charge in [0.15, 0.2) is 0 Å². The van der Waals surface area contributed by atoms with Gasteiger partial charge in [0.25, 0.3) is 10.0 Å². The van der Waals surface area contributed by atoms with Crippen LogP contribution in [0.5, 0.6) is 5.88 Å². The Balaban J connectivity index is 1.67. The minimum atomic E-state index is -3.78. The third-order valence-electron chi connectivity index (χ3n) is 4.21. The molecule has 4 rings (SSSR count). The van der Waals surface area contributed by atoms with E-state index in [1.165, 1.54) is 13.3 Å². The van der Waals surface area contributed by atoms with Crippen molar-refractivity contribution in [1.29, 1.82) is 0 Å². The summed E-state index contributed by atoms with van der Waals surface area (Å²) in [6, 6.07) is 13.7. The van der Waals surface area contributed by atoms with Gasteiger partial charge in [0.2, 0.25) is 11.8 Å². The lowest BCUT2D eigenvalue weighted by Gasteiger charge is -2.18. The Hall–Kier alpha value is -3.13. The zero-order chi connectivity index (χ0) is 18.3. The SMILES string of the molecule is COc1ncccc1NC(=O)CN1c2cccc3cccc(c23)S1(=O)=O. The number of nitrogens with zero attached hydrogens (tertiary/aromatic N) is 2. The summed E-state index contributed by atoms with van der Waals surface area (Å²) in [5.74, 6) is -0.222. The number of nitrogens with one attached hydrogen (secondary N) is 1. The first-order valence-corrected chi connectivity index (χ1v) is 9.30. The maximum Gasteiger partial charge on any atom is 0.265 e. The molecule has 0 bridgehead atoms. The highest BCUT2D eigenvalue weighted by Gasteiger charge is 2.36. The molecule has 1 aliphatic rings. The molecule has 1 aromatic heterocycles. The Morgan fingerprint density at radius 1 is 1.15 bits per heavy atom. The number of aromatic nitrogens is 1. The molecule has 2 aromatic carbocycles. The number of methoxy groups -OCH3 is 1. The van der Waals surface area contributed by atoms with Crippen LogP contribution in [0, 0.1) is 0 Å². The fourth-order valence-electron chi connectivity index (χ4n) is 3.10. The third-order valence-corrected chi connectivity index (χ3v) is 6.01. The van der Waals surface area contributed by atoms with E-state index in [4.69, 9.17) is 4.74 Å². The summed E-state index contributed by atoms with van der Waals surface area (Å²) in [7, 11) is -2.33. The van der Waals surface area contributed by atoms with Gasteiger partial charge in [-0.05, 0) is 29.7 Å². The molecule has 132 valence electrons. The second kappa shape index (κ2) is 5.99. The molecule has 0 saturated heterocycles. The van der Waals surface area contributed by atoms with Gasteiger partial charge in [-0.25, -0.2) is 13.4 Å². The summed E-state index contributed by atoms with van der Waals surface area (Å²) in [4.78, 5) is 16.7. The summed E-state index contributed by atoms with van der Waals surface area (Å²) in [6.07, 6.45) is 1.54. The number of hydrogen-bond donors (Lipinski definition) is 1. The van der Waals surface area contributed by atoms with Gasteiger partial charge in [0, 0.05) is 11.6 Å². The Morgan fingerprint density at radius 3 is 2.69 bits per heavy atom. The van der Waals surface area contributed by atoms with Crippen LogP contribution in [0.1, 0.15) is 0 Å². The van der Waals surface area contributed by atoms with Crippen LogP contribution in [0.25, 0.3) is 10.8 Å². The van der Waals surface area contributed by atoms with Gasteiger partial charge in [-0.1, -0.05) is 24.3 Å². The summed E-state index contributed by atoms with van der Waals surface area (Å²) >= 11 is 0. The molecule has 0 spiro atoms. The number of sulfonamides is 1. The number of amides is 1. The summed E-state index contributed by atoms with van der Waals surface area (Å²) in [5.41, 5.74) is 0.888. The van der Waals surface area contributed by atoms with Crippen molar-refractivity contribution in [2.45, 2.75) is 4.90 Å². The Morgan fingerprint density at radius 2 is 1.92 bits per heavy atom. The summed E-state index contributed by atoms with van der Waals surface area (Å²) in [5, 5.41) is 4.11. The number of anilines is 2. The van der Waals surface area contributed by atoms with Gasteiger partial charge in [-0.3, -0.25) is 9.10 Å². The van der Waals surface area contributed by atoms with Crippen molar-refractivity contribution in [2.75, 3.05) is 23.3 Å². The lowest BCUT2D eigenvalue weighted by atomic mass is 10.1. The van der Waals surface area contributed by atoms with Gasteiger partial charge in [0.1, 0.15) is 12.2 Å². The van der Waals surface area contributed by atoms with Gasteiger partial charge in [0.05, 0.1) is 17.7 Å². The lowest BCUT2D eigenvalue weighted by Crippen LogP contribution is -2.35. The van der Waals surface area contributed by atoms with E-state index in [0.29, 0.717) is 16.8 Å². The topological polar surface area (TPSA) is 88.6 Å². The molecule has 1 N–H and O–H groups in total. The monoisotopic (exact) mass is 369 g/mol. The summed E-state index contributed by atoms with van der Waals surface area (Å²) in [6.45, 7) is -0.339. The highest BCUT2D eigenvalue weighted by molar-refractivity contribution is 7.93. The van der Waals surface area contributed by atoms with E-state index in [-0.39, 0.29) is 17.3 Å². The number of benzene rings is 2. The second-order valence-electron chi connectivity index (χ2n) is 5.75. The van der Waals surface area contributed by atoms with Crippen LogP contribution in [0.2, 0.25) is 0 Å². The van der Waals surface area contributed by atoms with Crippen LogP contribution < -0.4 is 14.4 Å². The molecule has 0 unspecified atom stereocenters. The Labute approximate surface area is 150 Å². The van der Waals surface area contributed by atoms with Gasteiger partial charge >= 0.3 is 0 Å². The third kappa shape index (κ3) is 2.46. The largest absolute Gasteiger partial charge is 0.480 e. The van der Waals surface area contributed by atoms with Crippen LogP contribution in [0.3, 0.4) is 0 Å². The molecule has 1 aliphatic heterocycles. The van der Waals surface area contributed by atoms with Gasteiger partial charge in [-0.2, -0.15) is 0 Å². The molecule has 26 heavy (non-hydrogen) atoms. The van der Waals surface area contributed by atoms with Crippen molar-refractivity contribution >= 4 is 38.1 Å². The van der Waals surface area contributed by atoms with Crippen LogP contribution in [-0.4, -0.2) is 33.0 Å². The predicted octanol–water partition coefficient (Wildman–Crippen LogP) is 2.39. The van der Waals surface area contributed by atoms with Crippen LogP contribution in [0.4, 0.5) is 11.4 Å². The first-order valence-electron chi connectivity index (χ1n) is 7.86. The Bertz CT molecular complexity index is 1120. The fourth-order valence-corrected chi connectivity index (χ4v) is 4.76. The van der Waals surface area contributed by atoms with E-state index in [0.717, 1.165) is 9.69 Å². The van der Waals surface area contributed by atoms with E-state index in [1.54, 1.807) is 36.4 Å². The van der Waals surface area contributed by atoms with E-state index >= 15 is 0 Å². The first-order chi connectivity index (χ1) is 12.5. The Kier molecular flexibility index (Phi) is 3.77. The van der Waals surface area contributed by atoms with Crippen LogP contribution in [-0.2, 0) is 14.8 Å². The fraction of sp³-hybridized carbons (Fsp3) is 0.111. The normalized spacial score (nSPS) is 14.4. The number of hydrogen-bond acceptors (Lipinski definition) is 5. The maximum absolute atomic E-state index is 12.9. The number of carbonyl (C=O) groups excluding carboxylic acids is 1. The molecular weight excluding hydrogens is 354 g/mol. The molecule has 0 aliphatic carbocycles. The van der Waals surface area contributed by atoms with E-state index in [9.17, 15) is 13.2 Å². The quantitative estimate of drug-likeness (QED) is 0.763. The molecule has 7 nitrogen and oxygen atoms in total. The average Bonchev–Trinajstić information content (AvgIpc) is 2.86. The molecule has 0 fully saturated rings. The molecule has 3 aromatic rings. The van der Waals surface area contributed by atoms with Crippen molar-refractivity contribution in [2.24, 2.45) is 0 Å². The van der Waals surface area contributed by atoms with Crippen molar-refractivity contribution in [3.8, 4) is 5.88 Å². The van der Waals surface area contributed by atoms with E-state index < -0.39 is 15.9 Å². The van der Waals surface area contributed by atoms with E-state index in [2.05, 4.69) is 10.3 Å². The minimum absolute atomic E-state index is 0.220. The number of carbonyl (C=O) groups is 1. The smallest absolute Gasteiger partial charge is 0.265 e. The molecule has 1 amide bonds. The zero-order valence-corrected chi connectivity index (χ0v) is 14.7. The van der Waals surface area contributed by atoms with Gasteiger partial charge < -0.3 is 10.1 Å². The predicted molar refractivity (Wildman–Crippen MR) is 97.9 cm³/mol. The number of pyridine rings is 1. The van der Waals surface area contributed by atoms with Gasteiger partial charge in [-0.15, -0.1) is 0 Å². The molecule has 2 heterocycles. The molecule has 0 saturated carbocycles. The number of rotatable bonds is 4. The highest BCUT2D eigenvalue weighted by Crippen LogP contribution is 2.41. The zero-order valence-electron chi connectivity index (χ0n) is 13.8. The molecule has 0 radical (unpaired) electrons. The molecule has 8 heteroatoms. The van der Waals surface area contributed by atoms with Crippen molar-refractivity contribution < 1.29 is 17.9 Å². The second-order valence-corrected chi connectivity index (χ2v) is 7.58. The van der Waals surface area contributed by atoms with E-state index in [1.807, 2.05) is 12.1 Å². The maximum atomic E-state index is 12.9. The molecule has 0 atom stereocenters. The minimum Gasteiger partial charge on any atom is -0.480 e.